The minimum atomic E-state index is -0.946. The largest absolute Gasteiger partial charge is 0.492 e. The van der Waals surface area contributed by atoms with Crippen molar-refractivity contribution in [1.29, 1.82) is 0 Å². The van der Waals surface area contributed by atoms with Crippen molar-refractivity contribution >= 4 is 5.97 Å². The number of aliphatic hydroxyl groups excluding tert-OH is 1. The molecule has 0 aliphatic heterocycles. The van der Waals surface area contributed by atoms with E-state index in [-0.39, 0.29) is 11.7 Å². The molecule has 0 amide bonds. The van der Waals surface area contributed by atoms with Crippen molar-refractivity contribution in [1.82, 2.24) is 5.32 Å². The number of hydrogen-bond acceptors (Lipinski definition) is 4. The Morgan fingerprint density at radius 1 is 1.29 bits per heavy atom. The summed E-state index contributed by atoms with van der Waals surface area (Å²) in [6, 6.07) is 6.52. The Morgan fingerprint density at radius 3 is 2.76 bits per heavy atom. The maximum Gasteiger partial charge on any atom is 0.335 e. The molecule has 0 heterocycles. The first-order chi connectivity index (χ1) is 10.1. The number of carbonyl (C=O) groups is 1. The Kier molecular flexibility index (Phi) is 6.02. The second kappa shape index (κ2) is 8.00. The third-order valence-corrected chi connectivity index (χ3v) is 3.88. The summed E-state index contributed by atoms with van der Waals surface area (Å²) in [6.45, 7) is 2.19. The first kappa shape index (κ1) is 15.8. The molecule has 0 bridgehead atoms. The van der Waals surface area contributed by atoms with Crippen LogP contribution < -0.4 is 10.1 Å². The van der Waals surface area contributed by atoms with Gasteiger partial charge in [0.1, 0.15) is 12.4 Å². The number of benzene rings is 1. The molecule has 1 aromatic carbocycles. The monoisotopic (exact) mass is 293 g/mol. The summed E-state index contributed by atoms with van der Waals surface area (Å²) in [6.07, 6.45) is 3.87. The number of aliphatic hydroxyl groups is 1. The number of carboxylic acid groups (broad SMARTS) is 1. The van der Waals surface area contributed by atoms with Crippen molar-refractivity contribution in [3.8, 4) is 5.75 Å². The molecule has 0 aromatic heterocycles. The highest BCUT2D eigenvalue weighted by molar-refractivity contribution is 5.87. The Bertz CT molecular complexity index is 455. The molecule has 21 heavy (non-hydrogen) atoms. The van der Waals surface area contributed by atoms with Crippen LogP contribution >= 0.6 is 0 Å². The lowest BCUT2D eigenvalue weighted by atomic mass is 9.87. The van der Waals surface area contributed by atoms with Crippen LogP contribution in [0.4, 0.5) is 0 Å². The van der Waals surface area contributed by atoms with E-state index < -0.39 is 5.97 Å². The summed E-state index contributed by atoms with van der Waals surface area (Å²) in [7, 11) is 0. The molecule has 0 unspecified atom stereocenters. The fraction of sp³-hybridized carbons (Fsp3) is 0.562. The molecule has 1 fully saturated rings. The molecule has 5 heteroatoms. The topological polar surface area (TPSA) is 78.8 Å². The number of rotatable bonds is 7. The van der Waals surface area contributed by atoms with Crippen molar-refractivity contribution in [2.75, 3.05) is 19.7 Å². The zero-order valence-electron chi connectivity index (χ0n) is 12.1. The van der Waals surface area contributed by atoms with Crippen LogP contribution in [0.2, 0.25) is 0 Å². The number of ether oxygens (including phenoxy) is 1. The number of carboxylic acids is 1. The van der Waals surface area contributed by atoms with Crippen LogP contribution in [0.3, 0.4) is 0 Å². The van der Waals surface area contributed by atoms with Crippen LogP contribution in [0.5, 0.6) is 5.75 Å². The van der Waals surface area contributed by atoms with Gasteiger partial charge in [-0.3, -0.25) is 0 Å². The minimum Gasteiger partial charge on any atom is -0.492 e. The van der Waals surface area contributed by atoms with Gasteiger partial charge in [0.15, 0.2) is 0 Å². The fourth-order valence-electron chi connectivity index (χ4n) is 2.62. The molecule has 3 N–H and O–H groups in total. The summed E-state index contributed by atoms with van der Waals surface area (Å²) in [5.74, 6) is 0.277. The fourth-order valence-corrected chi connectivity index (χ4v) is 2.62. The number of nitrogens with one attached hydrogen (secondary N) is 1. The summed E-state index contributed by atoms with van der Waals surface area (Å²) in [5, 5.41) is 21.7. The van der Waals surface area contributed by atoms with Crippen LogP contribution in [0, 0.1) is 5.92 Å². The molecule has 1 aromatic rings. The van der Waals surface area contributed by atoms with E-state index in [1.807, 2.05) is 0 Å². The Morgan fingerprint density at radius 2 is 2.05 bits per heavy atom. The third kappa shape index (κ3) is 5.36. The van der Waals surface area contributed by atoms with E-state index in [1.54, 1.807) is 18.2 Å². The first-order valence-electron chi connectivity index (χ1n) is 7.50. The van der Waals surface area contributed by atoms with Gasteiger partial charge >= 0.3 is 5.97 Å². The van der Waals surface area contributed by atoms with Crippen LogP contribution in [0.1, 0.15) is 36.0 Å². The van der Waals surface area contributed by atoms with Gasteiger partial charge in [-0.1, -0.05) is 6.07 Å². The average molecular weight is 293 g/mol. The van der Waals surface area contributed by atoms with Crippen LogP contribution in [0.15, 0.2) is 24.3 Å². The smallest absolute Gasteiger partial charge is 0.335 e. The SMILES string of the molecule is O=C(O)c1cccc(OCCNCC2CCC(O)CC2)c1. The van der Waals surface area contributed by atoms with E-state index in [2.05, 4.69) is 5.32 Å². The van der Waals surface area contributed by atoms with Gasteiger partial charge in [0.25, 0.3) is 0 Å². The lowest BCUT2D eigenvalue weighted by molar-refractivity contribution is 0.0696. The molecule has 2 rings (SSSR count). The predicted molar refractivity (Wildman–Crippen MR) is 79.7 cm³/mol. The van der Waals surface area contributed by atoms with Crippen LogP contribution in [-0.2, 0) is 0 Å². The van der Waals surface area contributed by atoms with E-state index in [4.69, 9.17) is 9.84 Å². The van der Waals surface area contributed by atoms with E-state index in [1.165, 1.54) is 6.07 Å². The lowest BCUT2D eigenvalue weighted by Crippen LogP contribution is -2.30. The average Bonchev–Trinajstić information content (AvgIpc) is 2.49. The maximum atomic E-state index is 10.8. The van der Waals surface area contributed by atoms with Gasteiger partial charge in [-0.15, -0.1) is 0 Å². The van der Waals surface area contributed by atoms with Gasteiger partial charge in [-0.05, 0) is 56.3 Å². The molecule has 5 nitrogen and oxygen atoms in total. The van der Waals surface area contributed by atoms with Crippen molar-refractivity contribution in [2.24, 2.45) is 5.92 Å². The minimum absolute atomic E-state index is 0.105. The van der Waals surface area contributed by atoms with Gasteiger partial charge < -0.3 is 20.3 Å². The maximum absolute atomic E-state index is 10.8. The van der Waals surface area contributed by atoms with Crippen molar-refractivity contribution < 1.29 is 19.7 Å². The Balaban J connectivity index is 1.61. The Hall–Kier alpha value is -1.59. The number of aromatic carboxylic acids is 1. The quantitative estimate of drug-likeness (QED) is 0.669. The number of hydrogen-bond donors (Lipinski definition) is 3. The molecule has 116 valence electrons. The van der Waals surface area contributed by atoms with Gasteiger partial charge in [-0.2, -0.15) is 0 Å². The van der Waals surface area contributed by atoms with Gasteiger partial charge in [0, 0.05) is 6.54 Å². The third-order valence-electron chi connectivity index (χ3n) is 3.88. The van der Waals surface area contributed by atoms with Gasteiger partial charge in [0.05, 0.1) is 11.7 Å². The molecule has 1 aliphatic carbocycles. The van der Waals surface area contributed by atoms with E-state index in [9.17, 15) is 9.90 Å². The molecule has 1 aliphatic rings. The zero-order chi connectivity index (χ0) is 15.1. The second-order valence-corrected chi connectivity index (χ2v) is 5.56. The van der Waals surface area contributed by atoms with E-state index in [0.717, 1.165) is 38.8 Å². The standard InChI is InChI=1S/C16H23NO4/c18-14-6-4-12(5-7-14)11-17-8-9-21-15-3-1-2-13(10-15)16(19)20/h1-3,10,12,14,17-18H,4-9,11H2,(H,19,20). The Labute approximate surface area is 124 Å². The molecule has 0 saturated heterocycles. The summed E-state index contributed by atoms with van der Waals surface area (Å²) >= 11 is 0. The van der Waals surface area contributed by atoms with Gasteiger partial charge in [-0.25, -0.2) is 4.79 Å². The summed E-state index contributed by atoms with van der Waals surface area (Å²) in [5.41, 5.74) is 0.237. The van der Waals surface area contributed by atoms with E-state index in [0.29, 0.717) is 18.3 Å². The first-order valence-corrected chi connectivity index (χ1v) is 7.50. The highest BCUT2D eigenvalue weighted by atomic mass is 16.5. The van der Waals surface area contributed by atoms with Crippen molar-refractivity contribution in [3.05, 3.63) is 29.8 Å². The summed E-state index contributed by atoms with van der Waals surface area (Å²) in [4.78, 5) is 10.8. The zero-order valence-corrected chi connectivity index (χ0v) is 12.1. The molecule has 0 spiro atoms. The molecule has 0 atom stereocenters. The van der Waals surface area contributed by atoms with Crippen molar-refractivity contribution in [3.63, 3.8) is 0 Å². The highest BCUT2D eigenvalue weighted by Crippen LogP contribution is 2.23. The molecule has 1 saturated carbocycles. The molecular weight excluding hydrogens is 270 g/mol. The van der Waals surface area contributed by atoms with Crippen molar-refractivity contribution in [2.45, 2.75) is 31.8 Å². The molecular formula is C16H23NO4. The second-order valence-electron chi connectivity index (χ2n) is 5.56. The normalized spacial score (nSPS) is 22.0. The van der Waals surface area contributed by atoms with Gasteiger partial charge in [0.2, 0.25) is 0 Å². The predicted octanol–water partition coefficient (Wildman–Crippen LogP) is 1.90. The highest BCUT2D eigenvalue weighted by Gasteiger charge is 2.18. The lowest BCUT2D eigenvalue weighted by Gasteiger charge is -2.25. The van der Waals surface area contributed by atoms with E-state index >= 15 is 0 Å². The summed E-state index contributed by atoms with van der Waals surface area (Å²) < 4.78 is 5.54. The van der Waals surface area contributed by atoms with Crippen LogP contribution in [0.25, 0.3) is 0 Å². The molecule has 0 radical (unpaired) electrons. The van der Waals surface area contributed by atoms with Crippen LogP contribution in [-0.4, -0.2) is 42.0 Å².